The van der Waals surface area contributed by atoms with E-state index in [-0.39, 0.29) is 6.54 Å². The average Bonchev–Trinajstić information content (AvgIpc) is 3.00. The van der Waals surface area contributed by atoms with Gasteiger partial charge in [-0.1, -0.05) is 66.7 Å². The van der Waals surface area contributed by atoms with E-state index < -0.39 is 34.3 Å². The number of sulfonamides is 1. The first kappa shape index (κ1) is 37.9. The van der Waals surface area contributed by atoms with Gasteiger partial charge in [-0.05, 0) is 46.0 Å². The van der Waals surface area contributed by atoms with E-state index in [1.54, 1.807) is 6.08 Å². The molecule has 0 bridgehead atoms. The summed E-state index contributed by atoms with van der Waals surface area (Å²) in [5, 5.41) is 18.9. The molecule has 46 heavy (non-hydrogen) atoms. The number of piperazine rings is 1. The molecule has 0 amide bonds. The molecule has 3 aromatic rings. The van der Waals surface area contributed by atoms with E-state index in [4.69, 9.17) is 19.8 Å². The number of nitrogens with zero attached hydrogens (tertiary/aromatic N) is 1. The van der Waals surface area contributed by atoms with Gasteiger partial charge in [-0.3, -0.25) is 4.90 Å². The number of hydrogen-bond acceptors (Lipinski definition) is 6. The third kappa shape index (κ3) is 14.7. The van der Waals surface area contributed by atoms with Crippen LogP contribution in [0.3, 0.4) is 0 Å². The third-order valence-electron chi connectivity index (χ3n) is 6.00. The summed E-state index contributed by atoms with van der Waals surface area (Å²) in [6, 6.07) is 26.0. The van der Waals surface area contributed by atoms with Crippen LogP contribution in [0.5, 0.6) is 0 Å². The number of halogens is 6. The Morgan fingerprint density at radius 3 is 1.76 bits per heavy atom. The maximum atomic E-state index is 12.4. The number of carboxylic acid groups (broad SMARTS) is 2. The second-order valence-corrected chi connectivity index (χ2v) is 11.3. The van der Waals surface area contributed by atoms with E-state index in [2.05, 4.69) is 45.3 Å². The van der Waals surface area contributed by atoms with Crippen LogP contribution in [0.1, 0.15) is 16.7 Å². The number of hydrogen-bond donors (Lipinski definition) is 4. The molecule has 1 fully saturated rings. The molecule has 0 atom stereocenters. The Bertz CT molecular complexity index is 1540. The zero-order valence-electron chi connectivity index (χ0n) is 24.1. The summed E-state index contributed by atoms with van der Waals surface area (Å²) >= 11 is 0. The fraction of sp³-hybridized carbons (Fsp3) is 0.267. The second kappa shape index (κ2) is 17.4. The van der Waals surface area contributed by atoms with Gasteiger partial charge in [0.25, 0.3) is 0 Å². The number of rotatable bonds is 8. The van der Waals surface area contributed by atoms with Gasteiger partial charge < -0.3 is 15.5 Å². The minimum absolute atomic E-state index is 0.246. The van der Waals surface area contributed by atoms with Crippen LogP contribution in [0.25, 0.3) is 17.2 Å². The van der Waals surface area contributed by atoms with Gasteiger partial charge in [0.1, 0.15) is 0 Å². The Kier molecular flexibility index (Phi) is 14.4. The molecule has 0 saturated carbocycles. The van der Waals surface area contributed by atoms with Crippen LogP contribution in [0.4, 0.5) is 26.3 Å². The molecular weight excluding hydrogens is 644 g/mol. The van der Waals surface area contributed by atoms with Gasteiger partial charge in [0, 0.05) is 44.7 Å². The predicted molar refractivity (Wildman–Crippen MR) is 159 cm³/mol. The van der Waals surface area contributed by atoms with Gasteiger partial charge in [-0.15, -0.1) is 0 Å². The maximum Gasteiger partial charge on any atom is 0.490 e. The lowest BCUT2D eigenvalue weighted by Crippen LogP contribution is -2.42. The minimum Gasteiger partial charge on any atom is -0.475 e. The lowest BCUT2D eigenvalue weighted by atomic mass is 10.0. The van der Waals surface area contributed by atoms with Crippen molar-refractivity contribution in [2.45, 2.75) is 25.4 Å². The van der Waals surface area contributed by atoms with Crippen molar-refractivity contribution < 1.29 is 54.6 Å². The van der Waals surface area contributed by atoms with Gasteiger partial charge in [0.2, 0.25) is 10.0 Å². The molecular formula is C30H31F6N3O6S. The Morgan fingerprint density at radius 1 is 0.783 bits per heavy atom. The van der Waals surface area contributed by atoms with Crippen molar-refractivity contribution in [1.29, 1.82) is 0 Å². The van der Waals surface area contributed by atoms with Gasteiger partial charge in [0.15, 0.2) is 0 Å². The molecule has 1 aliphatic heterocycles. The molecule has 0 radical (unpaired) electrons. The largest absolute Gasteiger partial charge is 0.490 e. The van der Waals surface area contributed by atoms with Gasteiger partial charge in [-0.2, -0.15) is 26.3 Å². The van der Waals surface area contributed by atoms with Crippen LogP contribution in [0, 0.1) is 0 Å². The van der Waals surface area contributed by atoms with Crippen LogP contribution in [0.2, 0.25) is 0 Å². The molecule has 1 aliphatic rings. The van der Waals surface area contributed by atoms with E-state index in [9.17, 15) is 34.8 Å². The molecule has 1 heterocycles. The van der Waals surface area contributed by atoms with E-state index in [0.717, 1.165) is 55.0 Å². The number of carboxylic acids is 2. The molecule has 0 unspecified atom stereocenters. The molecule has 0 aliphatic carbocycles. The summed E-state index contributed by atoms with van der Waals surface area (Å²) in [6.45, 7) is 5.41. The summed E-state index contributed by atoms with van der Waals surface area (Å²) in [5.41, 5.74) is 5.30. The highest BCUT2D eigenvalue weighted by molar-refractivity contribution is 7.92. The van der Waals surface area contributed by atoms with E-state index >= 15 is 0 Å². The van der Waals surface area contributed by atoms with Gasteiger partial charge in [0.05, 0.1) is 0 Å². The summed E-state index contributed by atoms with van der Waals surface area (Å²) in [7, 11) is -3.52. The van der Waals surface area contributed by atoms with Crippen molar-refractivity contribution in [3.05, 3.63) is 101 Å². The predicted octanol–water partition coefficient (Wildman–Crippen LogP) is 5.12. The van der Waals surface area contributed by atoms with Crippen molar-refractivity contribution in [3.8, 4) is 11.1 Å². The summed E-state index contributed by atoms with van der Waals surface area (Å²) in [4.78, 5) is 20.3. The Hall–Kier alpha value is -4.25. The lowest BCUT2D eigenvalue weighted by Gasteiger charge is -2.27. The third-order valence-corrected chi connectivity index (χ3v) is 7.05. The van der Waals surface area contributed by atoms with Gasteiger partial charge >= 0.3 is 24.3 Å². The number of carbonyl (C=O) groups is 2. The Labute approximate surface area is 261 Å². The van der Waals surface area contributed by atoms with Crippen LogP contribution in [-0.2, 0) is 32.7 Å². The Morgan fingerprint density at radius 2 is 1.26 bits per heavy atom. The van der Waals surface area contributed by atoms with E-state index in [1.807, 2.05) is 48.5 Å². The summed E-state index contributed by atoms with van der Waals surface area (Å²) in [6.07, 6.45) is -8.57. The normalized spacial score (nSPS) is 14.0. The van der Waals surface area contributed by atoms with Crippen LogP contribution in [-0.4, -0.2) is 74.0 Å². The van der Waals surface area contributed by atoms with E-state index in [1.165, 1.54) is 11.0 Å². The van der Waals surface area contributed by atoms with Gasteiger partial charge in [-0.25, -0.2) is 22.7 Å². The highest BCUT2D eigenvalue weighted by Crippen LogP contribution is 2.23. The van der Waals surface area contributed by atoms with Crippen LogP contribution in [0.15, 0.2) is 84.3 Å². The monoisotopic (exact) mass is 675 g/mol. The molecule has 250 valence electrons. The second-order valence-electron chi connectivity index (χ2n) is 9.61. The van der Waals surface area contributed by atoms with Crippen molar-refractivity contribution in [3.63, 3.8) is 0 Å². The van der Waals surface area contributed by atoms with E-state index in [0.29, 0.717) is 0 Å². The minimum atomic E-state index is -5.08. The molecule has 16 heteroatoms. The number of nitrogens with one attached hydrogen (secondary N) is 2. The average molecular weight is 676 g/mol. The number of aliphatic carboxylic acids is 2. The molecule has 4 N–H and O–H groups in total. The smallest absolute Gasteiger partial charge is 0.475 e. The first-order chi connectivity index (χ1) is 21.5. The highest BCUT2D eigenvalue weighted by Gasteiger charge is 2.38. The van der Waals surface area contributed by atoms with Crippen LogP contribution < -0.4 is 10.0 Å². The maximum absolute atomic E-state index is 12.4. The number of alkyl halides is 6. The summed E-state index contributed by atoms with van der Waals surface area (Å²) in [5.74, 6) is -5.51. The standard InChI is InChI=1S/C26H29N3O2S.2C2HF3O2/c30-32(31,17-12-22-6-2-1-3-7-22)28-20-23-8-4-10-25(18-23)26-11-5-9-24(19-26)21-29-15-13-27-14-16-29;2*3-2(4,5)1(6)7/h1-12,17-19,27-28H,13-16,20-21H2;2*(H,6,7). The molecule has 0 aromatic heterocycles. The zero-order chi connectivity index (χ0) is 34.4. The van der Waals surface area contributed by atoms with Crippen molar-refractivity contribution in [1.82, 2.24) is 14.9 Å². The van der Waals surface area contributed by atoms with Crippen molar-refractivity contribution in [2.75, 3.05) is 26.2 Å². The quantitative estimate of drug-likeness (QED) is 0.242. The molecule has 0 spiro atoms. The topological polar surface area (TPSA) is 136 Å². The van der Waals surface area contributed by atoms with Crippen molar-refractivity contribution in [2.24, 2.45) is 0 Å². The lowest BCUT2D eigenvalue weighted by molar-refractivity contribution is -0.193. The number of benzene rings is 3. The van der Waals surface area contributed by atoms with Crippen LogP contribution >= 0.6 is 0 Å². The zero-order valence-corrected chi connectivity index (χ0v) is 24.9. The molecule has 4 rings (SSSR count). The fourth-order valence-electron chi connectivity index (χ4n) is 3.80. The molecule has 1 saturated heterocycles. The highest BCUT2D eigenvalue weighted by atomic mass is 32.2. The molecule has 9 nitrogen and oxygen atoms in total. The molecule has 3 aromatic carbocycles. The SMILES string of the molecule is O=C(O)C(F)(F)F.O=C(O)C(F)(F)F.O=S(=O)(C=Cc1ccccc1)NCc1cccc(-c2cccc(CN3CCNCC3)c2)c1. The first-order valence-corrected chi connectivity index (χ1v) is 15.0. The fourth-order valence-corrected chi connectivity index (χ4v) is 4.60. The first-order valence-electron chi connectivity index (χ1n) is 13.4. The summed E-state index contributed by atoms with van der Waals surface area (Å²) < 4.78 is 90.9. The Balaban J connectivity index is 0.000000440. The van der Waals surface area contributed by atoms with Crippen molar-refractivity contribution >= 4 is 28.0 Å².